The number of rotatable bonds is 7. The molecule has 0 aliphatic heterocycles. The van der Waals surface area contributed by atoms with Crippen molar-refractivity contribution in [1.29, 1.82) is 0 Å². The first kappa shape index (κ1) is 23.5. The lowest BCUT2D eigenvalue weighted by atomic mass is 9.88. The van der Waals surface area contributed by atoms with Crippen LogP contribution in [0, 0.1) is 0 Å². The topological polar surface area (TPSA) is 81.5 Å². The highest BCUT2D eigenvalue weighted by atomic mass is 16.5. The number of amides is 1. The van der Waals surface area contributed by atoms with Gasteiger partial charge in [0.2, 0.25) is 0 Å². The van der Waals surface area contributed by atoms with E-state index in [9.17, 15) is 14.4 Å². The Kier molecular flexibility index (Phi) is 7.78. The molecule has 0 unspecified atom stereocenters. The summed E-state index contributed by atoms with van der Waals surface area (Å²) in [5.41, 5.74) is -0.130. The fourth-order valence-electron chi connectivity index (χ4n) is 5.44. The Bertz CT molecular complexity index is 1020. The molecule has 7 nitrogen and oxygen atoms in total. The molecular formula is C26H35N3O4. The molecule has 0 radical (unpaired) electrons. The molecule has 1 aromatic heterocycles. The number of hydrogen-bond acceptors (Lipinski definition) is 5. The molecule has 1 amide bonds. The number of nitrogens with zero attached hydrogens (tertiary/aromatic N) is 3. The molecule has 0 spiro atoms. The van der Waals surface area contributed by atoms with Gasteiger partial charge < -0.3 is 9.64 Å². The Morgan fingerprint density at radius 2 is 1.55 bits per heavy atom. The lowest BCUT2D eigenvalue weighted by molar-refractivity contribution is -0.141. The maximum absolute atomic E-state index is 13.3. The summed E-state index contributed by atoms with van der Waals surface area (Å²) < 4.78 is 6.84. The van der Waals surface area contributed by atoms with Crippen LogP contribution in [-0.2, 0) is 16.1 Å². The zero-order valence-corrected chi connectivity index (χ0v) is 19.6. The molecule has 2 aromatic rings. The van der Waals surface area contributed by atoms with Crippen molar-refractivity contribution >= 4 is 22.6 Å². The average molecular weight is 454 g/mol. The molecule has 2 aliphatic rings. The molecule has 0 N–H and O–H groups in total. The van der Waals surface area contributed by atoms with Gasteiger partial charge in [-0.2, -0.15) is 5.10 Å². The minimum atomic E-state index is -0.656. The number of carbonyl (C=O) groups is 2. The van der Waals surface area contributed by atoms with E-state index in [1.807, 2.05) is 6.92 Å². The van der Waals surface area contributed by atoms with Crippen molar-refractivity contribution in [3.63, 3.8) is 0 Å². The third-order valence-corrected chi connectivity index (χ3v) is 7.05. The van der Waals surface area contributed by atoms with Gasteiger partial charge in [-0.1, -0.05) is 63.6 Å². The van der Waals surface area contributed by atoms with Gasteiger partial charge in [0.15, 0.2) is 12.3 Å². The van der Waals surface area contributed by atoms with Crippen molar-refractivity contribution in [2.75, 3.05) is 6.61 Å². The summed E-state index contributed by atoms with van der Waals surface area (Å²) in [6.07, 6.45) is 11.9. The molecule has 0 atom stereocenters. The number of aryl methyl sites for hydroxylation is 1. The predicted molar refractivity (Wildman–Crippen MR) is 127 cm³/mol. The van der Waals surface area contributed by atoms with E-state index in [0.29, 0.717) is 17.3 Å². The second-order valence-electron chi connectivity index (χ2n) is 9.38. The number of carbonyl (C=O) groups excluding carboxylic acids is 2. The maximum Gasteiger partial charge on any atom is 0.359 e. The molecule has 2 saturated carbocycles. The van der Waals surface area contributed by atoms with Crippen LogP contribution >= 0.6 is 0 Å². The summed E-state index contributed by atoms with van der Waals surface area (Å²) >= 11 is 0. The summed E-state index contributed by atoms with van der Waals surface area (Å²) in [4.78, 5) is 41.1. The Morgan fingerprint density at radius 1 is 0.970 bits per heavy atom. The normalized spacial score (nSPS) is 17.7. The molecule has 33 heavy (non-hydrogen) atoms. The highest BCUT2D eigenvalue weighted by molar-refractivity contribution is 6.02. The van der Waals surface area contributed by atoms with Gasteiger partial charge in [-0.3, -0.25) is 9.59 Å². The molecule has 0 bridgehead atoms. The van der Waals surface area contributed by atoms with Crippen molar-refractivity contribution in [1.82, 2.24) is 14.7 Å². The standard InChI is InChI=1S/C26H35N3O4/c1-2-17-28-25(31)22-16-10-9-15-21(22)24(27-28)26(32)33-18-23(30)29(19-11-5-3-6-12-19)20-13-7-4-8-14-20/h9-10,15-16,19-20H,2-8,11-14,17-18H2,1H3. The first-order valence-corrected chi connectivity index (χ1v) is 12.6. The van der Waals surface area contributed by atoms with Gasteiger partial charge in [-0.15, -0.1) is 0 Å². The van der Waals surface area contributed by atoms with Crippen LogP contribution in [0.25, 0.3) is 10.8 Å². The number of benzene rings is 1. The highest BCUT2D eigenvalue weighted by Crippen LogP contribution is 2.30. The minimum absolute atomic E-state index is 0.0910. The fraction of sp³-hybridized carbons (Fsp3) is 0.615. The van der Waals surface area contributed by atoms with E-state index in [0.717, 1.165) is 57.8 Å². The van der Waals surface area contributed by atoms with Crippen LogP contribution in [-0.4, -0.2) is 45.2 Å². The zero-order valence-electron chi connectivity index (χ0n) is 19.6. The molecular weight excluding hydrogens is 418 g/mol. The molecule has 7 heteroatoms. The number of fused-ring (bicyclic) bond motifs is 1. The Morgan fingerprint density at radius 3 is 2.12 bits per heavy atom. The van der Waals surface area contributed by atoms with E-state index in [2.05, 4.69) is 10.00 Å². The van der Waals surface area contributed by atoms with Gasteiger partial charge in [0.1, 0.15) is 0 Å². The molecule has 0 saturated heterocycles. The van der Waals surface area contributed by atoms with Crippen LogP contribution in [0.15, 0.2) is 29.1 Å². The molecule has 2 fully saturated rings. The van der Waals surface area contributed by atoms with Crippen LogP contribution in [0.5, 0.6) is 0 Å². The smallest absolute Gasteiger partial charge is 0.359 e. The van der Waals surface area contributed by atoms with Crippen molar-refractivity contribution in [2.45, 2.75) is 96.2 Å². The van der Waals surface area contributed by atoms with Crippen LogP contribution in [0.1, 0.15) is 88.0 Å². The Hall–Kier alpha value is -2.70. The summed E-state index contributed by atoms with van der Waals surface area (Å²) in [5.74, 6) is -0.759. The fourth-order valence-corrected chi connectivity index (χ4v) is 5.44. The third-order valence-electron chi connectivity index (χ3n) is 7.05. The number of aromatic nitrogens is 2. The Labute approximate surface area is 195 Å². The number of hydrogen-bond donors (Lipinski definition) is 0. The number of esters is 1. The molecule has 4 rings (SSSR count). The first-order valence-electron chi connectivity index (χ1n) is 12.6. The van der Waals surface area contributed by atoms with Crippen molar-refractivity contribution in [2.24, 2.45) is 0 Å². The van der Waals surface area contributed by atoms with Crippen LogP contribution in [0.2, 0.25) is 0 Å². The molecule has 1 aromatic carbocycles. The average Bonchev–Trinajstić information content (AvgIpc) is 2.86. The van der Waals surface area contributed by atoms with Gasteiger partial charge in [-0.05, 0) is 38.2 Å². The van der Waals surface area contributed by atoms with Crippen LogP contribution in [0.3, 0.4) is 0 Å². The quantitative estimate of drug-likeness (QED) is 0.578. The summed E-state index contributed by atoms with van der Waals surface area (Å²) in [5, 5.41) is 5.19. The summed E-state index contributed by atoms with van der Waals surface area (Å²) in [6, 6.07) is 7.43. The van der Waals surface area contributed by atoms with Crippen LogP contribution in [0.4, 0.5) is 0 Å². The minimum Gasteiger partial charge on any atom is -0.451 e. The SMILES string of the molecule is CCCn1nc(C(=O)OCC(=O)N(C2CCCCC2)C2CCCCC2)c2ccccc2c1=O. The lowest BCUT2D eigenvalue weighted by Crippen LogP contribution is -2.50. The van der Waals surface area contributed by atoms with E-state index in [1.165, 1.54) is 17.5 Å². The molecule has 2 aliphatic carbocycles. The van der Waals surface area contributed by atoms with Gasteiger partial charge in [0.05, 0.1) is 5.39 Å². The van der Waals surface area contributed by atoms with Crippen molar-refractivity contribution in [3.05, 3.63) is 40.3 Å². The van der Waals surface area contributed by atoms with Crippen molar-refractivity contribution < 1.29 is 14.3 Å². The van der Waals surface area contributed by atoms with E-state index in [-0.39, 0.29) is 35.9 Å². The number of ether oxygens (including phenoxy) is 1. The second kappa shape index (κ2) is 10.9. The first-order chi connectivity index (χ1) is 16.1. The monoisotopic (exact) mass is 453 g/mol. The van der Waals surface area contributed by atoms with Gasteiger partial charge in [0.25, 0.3) is 11.5 Å². The predicted octanol–water partition coefficient (Wildman–Crippen LogP) is 4.46. The van der Waals surface area contributed by atoms with Gasteiger partial charge >= 0.3 is 5.97 Å². The third kappa shape index (κ3) is 5.28. The highest BCUT2D eigenvalue weighted by Gasteiger charge is 2.33. The van der Waals surface area contributed by atoms with Crippen molar-refractivity contribution in [3.8, 4) is 0 Å². The van der Waals surface area contributed by atoms with E-state index < -0.39 is 5.97 Å². The second-order valence-corrected chi connectivity index (χ2v) is 9.38. The summed E-state index contributed by atoms with van der Waals surface area (Å²) in [6.45, 7) is 2.08. The summed E-state index contributed by atoms with van der Waals surface area (Å²) in [7, 11) is 0. The molecule has 1 heterocycles. The maximum atomic E-state index is 13.3. The Balaban J connectivity index is 1.53. The molecule has 178 valence electrons. The van der Waals surface area contributed by atoms with Gasteiger partial charge in [-0.25, -0.2) is 9.48 Å². The van der Waals surface area contributed by atoms with Gasteiger partial charge in [0, 0.05) is 24.0 Å². The zero-order chi connectivity index (χ0) is 23.2. The van der Waals surface area contributed by atoms with Crippen LogP contribution < -0.4 is 5.56 Å². The largest absolute Gasteiger partial charge is 0.451 e. The van der Waals surface area contributed by atoms with E-state index >= 15 is 0 Å². The van der Waals surface area contributed by atoms with E-state index in [4.69, 9.17) is 4.74 Å². The lowest BCUT2D eigenvalue weighted by Gasteiger charge is -2.41. The van der Waals surface area contributed by atoms with E-state index in [1.54, 1.807) is 24.3 Å².